The van der Waals surface area contributed by atoms with Crippen molar-refractivity contribution in [3.63, 3.8) is 0 Å². The fraction of sp³-hybridized carbons (Fsp3) is 0.412. The standard InChI is InChI=1S/C17H23N5O/c1-3-15-12(2)17(22-21-15)20-10-13-4-6-14(7-5-13)23-16-11-18-8-9-19-16/h4-9,11-12,15,17,20-22H,3,10H2,1-2H3. The maximum atomic E-state index is 5.64. The summed E-state index contributed by atoms with van der Waals surface area (Å²) < 4.78 is 5.64. The van der Waals surface area contributed by atoms with Gasteiger partial charge in [-0.2, -0.15) is 0 Å². The van der Waals surface area contributed by atoms with Gasteiger partial charge in [-0.1, -0.05) is 26.0 Å². The van der Waals surface area contributed by atoms with Crippen molar-refractivity contribution in [2.45, 2.75) is 39.0 Å². The highest BCUT2D eigenvalue weighted by Gasteiger charge is 2.30. The molecule has 0 spiro atoms. The van der Waals surface area contributed by atoms with Crippen molar-refractivity contribution in [2.24, 2.45) is 5.92 Å². The summed E-state index contributed by atoms with van der Waals surface area (Å²) in [5.74, 6) is 1.81. The van der Waals surface area contributed by atoms with Gasteiger partial charge in [-0.25, -0.2) is 10.4 Å². The van der Waals surface area contributed by atoms with E-state index in [1.165, 1.54) is 5.56 Å². The molecule has 1 aliphatic rings. The van der Waals surface area contributed by atoms with Gasteiger partial charge in [-0.3, -0.25) is 15.7 Å². The first-order chi connectivity index (χ1) is 11.3. The molecule has 1 aromatic carbocycles. The molecule has 0 bridgehead atoms. The number of ether oxygens (including phenoxy) is 1. The van der Waals surface area contributed by atoms with Crippen LogP contribution in [0.3, 0.4) is 0 Å². The SMILES string of the molecule is CCC1NNC(NCc2ccc(Oc3cnccn3)cc2)C1C. The summed E-state index contributed by atoms with van der Waals surface area (Å²) in [4.78, 5) is 8.08. The molecule has 1 aromatic heterocycles. The molecule has 2 aromatic rings. The second kappa shape index (κ2) is 7.50. The lowest BCUT2D eigenvalue weighted by Crippen LogP contribution is -2.43. The lowest BCUT2D eigenvalue weighted by Gasteiger charge is -2.19. The molecule has 6 nitrogen and oxygen atoms in total. The maximum absolute atomic E-state index is 5.64. The number of nitrogens with one attached hydrogen (secondary N) is 3. The van der Waals surface area contributed by atoms with Gasteiger partial charge in [0.1, 0.15) is 5.75 Å². The average Bonchev–Trinajstić information content (AvgIpc) is 2.95. The van der Waals surface area contributed by atoms with Gasteiger partial charge in [0.05, 0.1) is 12.4 Å². The summed E-state index contributed by atoms with van der Waals surface area (Å²) in [6.45, 7) is 5.27. The summed E-state index contributed by atoms with van der Waals surface area (Å²) >= 11 is 0. The first-order valence-electron chi connectivity index (χ1n) is 8.03. The van der Waals surface area contributed by atoms with Gasteiger partial charge in [0, 0.05) is 30.9 Å². The molecule has 1 saturated heterocycles. The predicted molar refractivity (Wildman–Crippen MR) is 88.7 cm³/mol. The fourth-order valence-electron chi connectivity index (χ4n) is 2.76. The number of hydrazine groups is 1. The van der Waals surface area contributed by atoms with Crippen molar-refractivity contribution in [2.75, 3.05) is 0 Å². The van der Waals surface area contributed by atoms with E-state index in [-0.39, 0.29) is 6.17 Å². The number of hydrogen-bond acceptors (Lipinski definition) is 6. The number of nitrogens with zero attached hydrogens (tertiary/aromatic N) is 2. The summed E-state index contributed by atoms with van der Waals surface area (Å²) in [5.41, 5.74) is 7.87. The minimum absolute atomic E-state index is 0.287. The smallest absolute Gasteiger partial charge is 0.237 e. The van der Waals surface area contributed by atoms with Crippen LogP contribution in [0.5, 0.6) is 11.6 Å². The van der Waals surface area contributed by atoms with Gasteiger partial charge in [-0.05, 0) is 24.1 Å². The van der Waals surface area contributed by atoms with Crippen LogP contribution in [-0.4, -0.2) is 22.2 Å². The van der Waals surface area contributed by atoms with Crippen LogP contribution in [-0.2, 0) is 6.54 Å². The molecule has 3 atom stereocenters. The molecule has 0 saturated carbocycles. The Balaban J connectivity index is 1.52. The highest BCUT2D eigenvalue weighted by atomic mass is 16.5. The third-order valence-corrected chi connectivity index (χ3v) is 4.24. The lowest BCUT2D eigenvalue weighted by molar-refractivity contribution is 0.376. The molecule has 1 aliphatic heterocycles. The Labute approximate surface area is 136 Å². The van der Waals surface area contributed by atoms with Crippen LogP contribution < -0.4 is 20.9 Å². The van der Waals surface area contributed by atoms with Crippen LogP contribution in [0, 0.1) is 5.92 Å². The zero-order valence-electron chi connectivity index (χ0n) is 13.5. The quantitative estimate of drug-likeness (QED) is 0.759. The molecule has 3 rings (SSSR count). The Bertz CT molecular complexity index is 604. The normalized spacial score (nSPS) is 23.8. The van der Waals surface area contributed by atoms with Gasteiger partial charge >= 0.3 is 0 Å². The summed E-state index contributed by atoms with van der Waals surface area (Å²) in [6, 6.07) is 8.54. The molecule has 0 aliphatic carbocycles. The molecule has 3 N–H and O–H groups in total. The van der Waals surface area contributed by atoms with Crippen LogP contribution in [0.2, 0.25) is 0 Å². The van der Waals surface area contributed by atoms with E-state index in [1.807, 2.05) is 12.1 Å². The highest BCUT2D eigenvalue weighted by Crippen LogP contribution is 2.19. The Morgan fingerprint density at radius 1 is 1.17 bits per heavy atom. The van der Waals surface area contributed by atoms with E-state index >= 15 is 0 Å². The van der Waals surface area contributed by atoms with Crippen LogP contribution in [0.25, 0.3) is 0 Å². The molecule has 6 heteroatoms. The Kier molecular flexibility index (Phi) is 5.17. The van der Waals surface area contributed by atoms with Gasteiger partial charge in [0.25, 0.3) is 0 Å². The van der Waals surface area contributed by atoms with E-state index in [0.717, 1.165) is 18.7 Å². The van der Waals surface area contributed by atoms with Crippen molar-refractivity contribution in [1.82, 2.24) is 26.1 Å². The maximum Gasteiger partial charge on any atom is 0.237 e. The number of aromatic nitrogens is 2. The van der Waals surface area contributed by atoms with E-state index in [2.05, 4.69) is 52.1 Å². The Morgan fingerprint density at radius 3 is 2.65 bits per heavy atom. The number of rotatable bonds is 6. The van der Waals surface area contributed by atoms with Gasteiger partial charge in [0.15, 0.2) is 0 Å². The molecule has 23 heavy (non-hydrogen) atoms. The van der Waals surface area contributed by atoms with E-state index in [1.54, 1.807) is 18.6 Å². The number of benzene rings is 1. The highest BCUT2D eigenvalue weighted by molar-refractivity contribution is 5.29. The van der Waals surface area contributed by atoms with E-state index in [9.17, 15) is 0 Å². The summed E-state index contributed by atoms with van der Waals surface area (Å²) in [7, 11) is 0. The van der Waals surface area contributed by atoms with Crippen molar-refractivity contribution in [3.8, 4) is 11.6 Å². The molecular weight excluding hydrogens is 290 g/mol. The topological polar surface area (TPSA) is 71.1 Å². The fourth-order valence-corrected chi connectivity index (χ4v) is 2.76. The summed E-state index contributed by atoms with van der Waals surface area (Å²) in [5, 5.41) is 3.54. The second-order valence-corrected chi connectivity index (χ2v) is 5.81. The number of hydrogen-bond donors (Lipinski definition) is 3. The molecule has 1 fully saturated rings. The molecule has 2 heterocycles. The zero-order valence-corrected chi connectivity index (χ0v) is 13.5. The zero-order chi connectivity index (χ0) is 16.1. The largest absolute Gasteiger partial charge is 0.438 e. The second-order valence-electron chi connectivity index (χ2n) is 5.81. The van der Waals surface area contributed by atoms with Crippen molar-refractivity contribution in [3.05, 3.63) is 48.4 Å². The molecule has 0 radical (unpaired) electrons. The summed E-state index contributed by atoms with van der Waals surface area (Å²) in [6.07, 6.45) is 6.24. The van der Waals surface area contributed by atoms with Crippen molar-refractivity contribution in [1.29, 1.82) is 0 Å². The van der Waals surface area contributed by atoms with Gasteiger partial charge in [0.2, 0.25) is 5.88 Å². The minimum Gasteiger partial charge on any atom is -0.438 e. The third-order valence-electron chi connectivity index (χ3n) is 4.24. The molecule has 122 valence electrons. The van der Waals surface area contributed by atoms with Crippen molar-refractivity contribution >= 4 is 0 Å². The van der Waals surface area contributed by atoms with Gasteiger partial charge in [-0.15, -0.1) is 0 Å². The van der Waals surface area contributed by atoms with E-state index in [0.29, 0.717) is 17.8 Å². The first kappa shape index (κ1) is 15.9. The Hall–Kier alpha value is -2.02. The van der Waals surface area contributed by atoms with E-state index < -0.39 is 0 Å². The van der Waals surface area contributed by atoms with Crippen LogP contribution in [0.4, 0.5) is 0 Å². The average molecular weight is 313 g/mol. The molecule has 3 unspecified atom stereocenters. The molecule has 0 amide bonds. The monoisotopic (exact) mass is 313 g/mol. The first-order valence-corrected chi connectivity index (χ1v) is 8.03. The van der Waals surface area contributed by atoms with Crippen LogP contribution in [0.1, 0.15) is 25.8 Å². The van der Waals surface area contributed by atoms with Gasteiger partial charge < -0.3 is 4.74 Å². The van der Waals surface area contributed by atoms with Crippen molar-refractivity contribution < 1.29 is 4.74 Å². The minimum atomic E-state index is 0.287. The molecular formula is C17H23N5O. The predicted octanol–water partition coefficient (Wildman–Crippen LogP) is 2.21. The van der Waals surface area contributed by atoms with E-state index in [4.69, 9.17) is 4.74 Å². The van der Waals surface area contributed by atoms with Crippen LogP contribution >= 0.6 is 0 Å². The lowest BCUT2D eigenvalue weighted by atomic mass is 9.99. The van der Waals surface area contributed by atoms with Crippen LogP contribution in [0.15, 0.2) is 42.9 Å². The third kappa shape index (κ3) is 4.04. The Morgan fingerprint density at radius 2 is 2.00 bits per heavy atom.